The van der Waals surface area contributed by atoms with E-state index in [0.29, 0.717) is 16.8 Å². The Bertz CT molecular complexity index is 1900. The van der Waals surface area contributed by atoms with Gasteiger partial charge in [-0.15, -0.1) is 0 Å². The summed E-state index contributed by atoms with van der Waals surface area (Å²) < 4.78 is 25.0. The Labute approximate surface area is 225 Å². The summed E-state index contributed by atoms with van der Waals surface area (Å²) in [5, 5.41) is 8.46. The van der Waals surface area contributed by atoms with E-state index in [4.69, 9.17) is 0 Å². The van der Waals surface area contributed by atoms with Crippen LogP contribution in [0.3, 0.4) is 0 Å². The minimum atomic E-state index is -3.32. The summed E-state index contributed by atoms with van der Waals surface area (Å²) in [5.74, 6) is -0.574. The molecule has 0 aliphatic carbocycles. The third kappa shape index (κ3) is 4.95. The van der Waals surface area contributed by atoms with Gasteiger partial charge in [-0.3, -0.25) is 14.6 Å². The van der Waals surface area contributed by atoms with Gasteiger partial charge < -0.3 is 10.3 Å². The van der Waals surface area contributed by atoms with Crippen LogP contribution < -0.4 is 10.9 Å². The molecular weight excluding hydrogens is 514 g/mol. The van der Waals surface area contributed by atoms with Crippen LogP contribution in [0.4, 0.5) is 0 Å². The number of carbonyl (C=O) groups is 1. The summed E-state index contributed by atoms with van der Waals surface area (Å²) in [7, 11) is -3.32. The quantitative estimate of drug-likeness (QED) is 0.323. The molecule has 1 amide bonds. The molecule has 39 heavy (non-hydrogen) atoms. The number of rotatable bonds is 6. The van der Waals surface area contributed by atoms with Crippen molar-refractivity contribution in [1.82, 2.24) is 24.9 Å². The van der Waals surface area contributed by atoms with Crippen LogP contribution in [0.15, 0.2) is 70.6 Å². The van der Waals surface area contributed by atoms with Gasteiger partial charge in [0.1, 0.15) is 5.52 Å². The lowest BCUT2D eigenvalue weighted by Crippen LogP contribution is -2.28. The lowest BCUT2D eigenvalue weighted by Gasteiger charge is -2.15. The van der Waals surface area contributed by atoms with E-state index in [1.54, 1.807) is 31.5 Å². The van der Waals surface area contributed by atoms with E-state index in [1.165, 1.54) is 16.6 Å². The third-order valence-corrected chi connectivity index (χ3v) is 7.99. The Balaban J connectivity index is 1.52. The zero-order chi connectivity index (χ0) is 28.1. The van der Waals surface area contributed by atoms with Crippen molar-refractivity contribution in [2.24, 2.45) is 0 Å². The summed E-state index contributed by atoms with van der Waals surface area (Å²) in [5.41, 5.74) is 4.62. The van der Waals surface area contributed by atoms with Crippen molar-refractivity contribution < 1.29 is 13.2 Å². The summed E-state index contributed by atoms with van der Waals surface area (Å²) >= 11 is 0. The third-order valence-electron chi connectivity index (χ3n) is 6.86. The number of hydrogen-bond donors (Lipinski definition) is 2. The van der Waals surface area contributed by atoms with Gasteiger partial charge in [-0.1, -0.05) is 38.1 Å². The van der Waals surface area contributed by atoms with Crippen LogP contribution in [0.1, 0.15) is 59.9 Å². The average Bonchev–Trinajstić information content (AvgIpc) is 3.29. The van der Waals surface area contributed by atoms with Gasteiger partial charge in [-0.25, -0.2) is 12.9 Å². The largest absolute Gasteiger partial charge is 0.344 e. The monoisotopic (exact) mass is 543 g/mol. The number of aromatic nitrogens is 4. The number of pyridine rings is 1. The number of nitrogens with one attached hydrogen (secondary N) is 2. The predicted octanol–water partition coefficient (Wildman–Crippen LogP) is 4.56. The molecule has 2 aromatic carbocycles. The molecular formula is C29H29N5O4S. The van der Waals surface area contributed by atoms with Crippen molar-refractivity contribution in [3.05, 3.63) is 93.7 Å². The molecule has 3 heterocycles. The Morgan fingerprint density at radius 2 is 1.79 bits per heavy atom. The van der Waals surface area contributed by atoms with Crippen LogP contribution in [0, 0.1) is 6.92 Å². The van der Waals surface area contributed by atoms with Gasteiger partial charge in [0.2, 0.25) is 0 Å². The molecule has 0 fully saturated rings. The van der Waals surface area contributed by atoms with E-state index in [2.05, 4.69) is 20.4 Å². The van der Waals surface area contributed by atoms with E-state index in [9.17, 15) is 18.0 Å². The van der Waals surface area contributed by atoms with Gasteiger partial charge in [-0.2, -0.15) is 5.10 Å². The number of carbonyl (C=O) groups excluding carboxylic acids is 1. The van der Waals surface area contributed by atoms with Gasteiger partial charge in [0, 0.05) is 29.0 Å². The first-order valence-electron chi connectivity index (χ1n) is 12.6. The van der Waals surface area contributed by atoms with Crippen LogP contribution in [0.2, 0.25) is 0 Å². The normalized spacial score (nSPS) is 12.8. The molecule has 0 spiro atoms. The standard InChI is InChI=1S/C29H29N5O4S/c1-16(2)25-26(28(35)31-18(4)19-9-11-21(12-10-19)39(5,37)38)33-34-15-24(32-29(36)27(25)34)20-13-22-17(3)7-6-8-23(22)30-14-20/h6-16,18H,1-5H3,(H,31,35)(H,32,36). The molecule has 0 aliphatic heterocycles. The lowest BCUT2D eigenvalue weighted by molar-refractivity contribution is 0.0933. The lowest BCUT2D eigenvalue weighted by atomic mass is 10.0. The highest BCUT2D eigenvalue weighted by atomic mass is 32.2. The molecule has 5 aromatic rings. The van der Waals surface area contributed by atoms with E-state index in [1.807, 2.05) is 45.0 Å². The average molecular weight is 544 g/mol. The molecule has 2 N–H and O–H groups in total. The van der Waals surface area contributed by atoms with Gasteiger partial charge in [0.15, 0.2) is 15.5 Å². The molecule has 3 aromatic heterocycles. The molecule has 0 saturated heterocycles. The second-order valence-corrected chi connectivity index (χ2v) is 12.1. The number of fused-ring (bicyclic) bond motifs is 2. The summed E-state index contributed by atoms with van der Waals surface area (Å²) in [6.45, 7) is 7.63. The molecule has 9 nitrogen and oxygen atoms in total. The highest BCUT2D eigenvalue weighted by Gasteiger charge is 2.25. The number of benzene rings is 2. The number of amides is 1. The molecule has 0 radical (unpaired) electrons. The van der Waals surface area contributed by atoms with E-state index < -0.39 is 21.8 Å². The van der Waals surface area contributed by atoms with Crippen LogP contribution in [0.25, 0.3) is 27.7 Å². The van der Waals surface area contributed by atoms with Crippen LogP contribution in [0.5, 0.6) is 0 Å². The molecule has 1 unspecified atom stereocenters. The van der Waals surface area contributed by atoms with E-state index in [-0.39, 0.29) is 22.1 Å². The molecule has 5 rings (SSSR count). The fourth-order valence-corrected chi connectivity index (χ4v) is 5.39. The number of sulfone groups is 1. The van der Waals surface area contributed by atoms with Crippen molar-refractivity contribution in [3.8, 4) is 11.3 Å². The maximum Gasteiger partial charge on any atom is 0.274 e. The number of H-pyrrole nitrogens is 1. The summed E-state index contributed by atoms with van der Waals surface area (Å²) in [6, 6.07) is 13.8. The van der Waals surface area contributed by atoms with Gasteiger partial charge in [-0.05, 0) is 55.2 Å². The minimum absolute atomic E-state index is 0.149. The van der Waals surface area contributed by atoms with Gasteiger partial charge >= 0.3 is 0 Å². The SMILES string of the molecule is Cc1cccc2ncc(-c3cn4nc(C(=O)NC(C)c5ccc(S(C)(=O)=O)cc5)c(C(C)C)c4c(=O)[nH]3)cc12. The molecule has 10 heteroatoms. The van der Waals surface area contributed by atoms with Gasteiger partial charge in [0.05, 0.1) is 28.3 Å². The first-order chi connectivity index (χ1) is 18.4. The maximum absolute atomic E-state index is 13.4. The number of hydrogen-bond acceptors (Lipinski definition) is 6. The van der Waals surface area contributed by atoms with Crippen molar-refractivity contribution in [2.75, 3.05) is 6.26 Å². The van der Waals surface area contributed by atoms with Crippen LogP contribution in [-0.2, 0) is 9.84 Å². The van der Waals surface area contributed by atoms with Crippen molar-refractivity contribution in [2.45, 2.75) is 44.6 Å². The molecule has 200 valence electrons. The molecule has 1 atom stereocenters. The Morgan fingerprint density at radius 3 is 2.46 bits per heavy atom. The first-order valence-corrected chi connectivity index (χ1v) is 14.5. The number of aromatic amines is 1. The van der Waals surface area contributed by atoms with Crippen molar-refractivity contribution in [1.29, 1.82) is 0 Å². The highest BCUT2D eigenvalue weighted by molar-refractivity contribution is 7.90. The topological polar surface area (TPSA) is 126 Å². The minimum Gasteiger partial charge on any atom is -0.344 e. The van der Waals surface area contributed by atoms with E-state index >= 15 is 0 Å². The van der Waals surface area contributed by atoms with Crippen molar-refractivity contribution >= 4 is 32.2 Å². The highest BCUT2D eigenvalue weighted by Crippen LogP contribution is 2.27. The van der Waals surface area contributed by atoms with Gasteiger partial charge in [0.25, 0.3) is 11.5 Å². The first kappa shape index (κ1) is 26.3. The number of nitrogens with zero attached hydrogens (tertiary/aromatic N) is 3. The summed E-state index contributed by atoms with van der Waals surface area (Å²) in [4.78, 5) is 34.4. The molecule has 0 saturated carbocycles. The Kier molecular flexibility index (Phi) is 6.59. The van der Waals surface area contributed by atoms with Crippen molar-refractivity contribution in [3.63, 3.8) is 0 Å². The van der Waals surface area contributed by atoms with E-state index in [0.717, 1.165) is 33.8 Å². The molecule has 0 aliphatic rings. The second kappa shape index (κ2) is 9.77. The second-order valence-electron chi connectivity index (χ2n) is 10.1. The zero-order valence-electron chi connectivity index (χ0n) is 22.3. The van der Waals surface area contributed by atoms with Crippen LogP contribution >= 0.6 is 0 Å². The van der Waals surface area contributed by atoms with Crippen LogP contribution in [-0.4, -0.2) is 40.2 Å². The zero-order valence-corrected chi connectivity index (χ0v) is 23.1. The summed E-state index contributed by atoms with van der Waals surface area (Å²) in [6.07, 6.45) is 4.55. The Hall–Kier alpha value is -4.31. The molecule has 0 bridgehead atoms. The Morgan fingerprint density at radius 1 is 1.08 bits per heavy atom. The number of aryl methyl sites for hydroxylation is 1. The predicted molar refractivity (Wildman–Crippen MR) is 151 cm³/mol. The fourth-order valence-electron chi connectivity index (χ4n) is 4.76. The maximum atomic E-state index is 13.4. The smallest absolute Gasteiger partial charge is 0.274 e. The fraction of sp³-hybridized carbons (Fsp3) is 0.241.